The van der Waals surface area contributed by atoms with E-state index in [2.05, 4.69) is 0 Å². The molecule has 2 N–H and O–H groups in total. The van der Waals surface area contributed by atoms with Crippen LogP contribution in [0.3, 0.4) is 0 Å². The average Bonchev–Trinajstić information content (AvgIpc) is 2.84. The number of fused-ring (bicyclic) bond motifs is 1. The highest BCUT2D eigenvalue weighted by atomic mass is 19.2. The molecule has 1 atom stereocenters. The molecule has 0 aliphatic heterocycles. The number of nitrogens with two attached hydrogens (primary N) is 1. The van der Waals surface area contributed by atoms with Crippen LogP contribution >= 0.6 is 0 Å². The SMILES string of the molecule is Cc1ccc2oc(C(N)c3ccc(F)c(F)c3)cc2c1. The van der Waals surface area contributed by atoms with Gasteiger partial charge in [0.2, 0.25) is 0 Å². The Morgan fingerprint density at radius 1 is 1.00 bits per heavy atom. The summed E-state index contributed by atoms with van der Waals surface area (Å²) < 4.78 is 31.9. The molecular weight excluding hydrogens is 260 g/mol. The minimum absolute atomic E-state index is 0.472. The Kier molecular flexibility index (Phi) is 3.03. The lowest BCUT2D eigenvalue weighted by molar-refractivity contribution is 0.499. The highest BCUT2D eigenvalue weighted by Crippen LogP contribution is 2.28. The Morgan fingerprint density at radius 3 is 2.55 bits per heavy atom. The number of benzene rings is 2. The van der Waals surface area contributed by atoms with Crippen molar-refractivity contribution < 1.29 is 13.2 Å². The molecule has 3 rings (SSSR count). The summed E-state index contributed by atoms with van der Waals surface area (Å²) in [6.07, 6.45) is 0. The number of halogens is 2. The van der Waals surface area contributed by atoms with Gasteiger partial charge < -0.3 is 10.2 Å². The van der Waals surface area contributed by atoms with Gasteiger partial charge in [0.25, 0.3) is 0 Å². The van der Waals surface area contributed by atoms with Crippen LogP contribution in [-0.4, -0.2) is 0 Å². The molecule has 0 spiro atoms. The molecule has 4 heteroatoms. The van der Waals surface area contributed by atoms with Crippen molar-refractivity contribution in [3.05, 3.63) is 71.0 Å². The maximum Gasteiger partial charge on any atom is 0.159 e. The monoisotopic (exact) mass is 273 g/mol. The highest BCUT2D eigenvalue weighted by Gasteiger charge is 2.16. The maximum absolute atomic E-state index is 13.3. The molecule has 1 unspecified atom stereocenters. The summed E-state index contributed by atoms with van der Waals surface area (Å²) in [5.74, 6) is -1.28. The number of aryl methyl sites for hydroxylation is 1. The van der Waals surface area contributed by atoms with Gasteiger partial charge in [0.1, 0.15) is 11.3 Å². The van der Waals surface area contributed by atoms with Gasteiger partial charge >= 0.3 is 0 Å². The Balaban J connectivity index is 2.02. The van der Waals surface area contributed by atoms with Crippen LogP contribution in [-0.2, 0) is 0 Å². The molecule has 20 heavy (non-hydrogen) atoms. The second-order valence-corrected chi connectivity index (χ2v) is 4.84. The molecule has 3 aromatic rings. The molecule has 0 amide bonds. The summed E-state index contributed by atoms with van der Waals surface area (Å²) in [5, 5.41) is 0.943. The molecule has 0 saturated heterocycles. The molecule has 1 heterocycles. The van der Waals surface area contributed by atoms with Crippen molar-refractivity contribution in [1.29, 1.82) is 0 Å². The van der Waals surface area contributed by atoms with Gasteiger partial charge in [-0.15, -0.1) is 0 Å². The largest absolute Gasteiger partial charge is 0.459 e. The van der Waals surface area contributed by atoms with Crippen LogP contribution in [0.4, 0.5) is 8.78 Å². The van der Waals surface area contributed by atoms with Crippen LogP contribution in [0.1, 0.15) is 22.9 Å². The van der Waals surface area contributed by atoms with Gasteiger partial charge in [0.05, 0.1) is 6.04 Å². The quantitative estimate of drug-likeness (QED) is 0.764. The first-order chi connectivity index (χ1) is 9.54. The fourth-order valence-corrected chi connectivity index (χ4v) is 2.21. The minimum atomic E-state index is -0.912. The predicted octanol–water partition coefficient (Wildman–Crippen LogP) is 4.07. The molecule has 0 aliphatic rings. The first-order valence-corrected chi connectivity index (χ1v) is 6.25. The molecule has 2 nitrogen and oxygen atoms in total. The van der Waals surface area contributed by atoms with Crippen LogP contribution in [0, 0.1) is 18.6 Å². The van der Waals surface area contributed by atoms with E-state index in [0.717, 1.165) is 28.7 Å². The van der Waals surface area contributed by atoms with E-state index >= 15 is 0 Å². The zero-order chi connectivity index (χ0) is 14.3. The van der Waals surface area contributed by atoms with Gasteiger partial charge in [-0.05, 0) is 42.8 Å². The highest BCUT2D eigenvalue weighted by molar-refractivity contribution is 5.78. The summed E-state index contributed by atoms with van der Waals surface area (Å²) in [6, 6.07) is 10.6. The summed E-state index contributed by atoms with van der Waals surface area (Å²) in [7, 11) is 0. The molecule has 0 radical (unpaired) electrons. The third kappa shape index (κ3) is 2.18. The summed E-state index contributed by atoms with van der Waals surface area (Å²) in [4.78, 5) is 0. The van der Waals surface area contributed by atoms with Crippen LogP contribution in [0.5, 0.6) is 0 Å². The van der Waals surface area contributed by atoms with E-state index in [9.17, 15) is 8.78 Å². The van der Waals surface area contributed by atoms with Crippen molar-refractivity contribution >= 4 is 11.0 Å². The van der Waals surface area contributed by atoms with Gasteiger partial charge in [-0.3, -0.25) is 0 Å². The molecule has 2 aromatic carbocycles. The molecule has 0 aliphatic carbocycles. The lowest BCUT2D eigenvalue weighted by atomic mass is 10.0. The second-order valence-electron chi connectivity index (χ2n) is 4.84. The van der Waals surface area contributed by atoms with Crippen LogP contribution in [0.25, 0.3) is 11.0 Å². The van der Waals surface area contributed by atoms with E-state index in [1.54, 1.807) is 0 Å². The number of furan rings is 1. The first-order valence-electron chi connectivity index (χ1n) is 6.25. The molecule has 0 saturated carbocycles. The molecular formula is C16H13F2NO. The van der Waals surface area contributed by atoms with Crippen LogP contribution in [0.15, 0.2) is 46.9 Å². The Labute approximate surface area is 114 Å². The van der Waals surface area contributed by atoms with E-state index in [1.807, 2.05) is 31.2 Å². The predicted molar refractivity (Wildman–Crippen MR) is 73.3 cm³/mol. The lowest BCUT2D eigenvalue weighted by Gasteiger charge is -2.09. The molecule has 1 aromatic heterocycles. The number of hydrogen-bond donors (Lipinski definition) is 1. The Bertz CT molecular complexity index is 779. The van der Waals surface area contributed by atoms with E-state index in [4.69, 9.17) is 10.2 Å². The normalized spacial score (nSPS) is 12.8. The van der Waals surface area contributed by atoms with Gasteiger partial charge in [-0.25, -0.2) is 8.78 Å². The van der Waals surface area contributed by atoms with Gasteiger partial charge in [-0.2, -0.15) is 0 Å². The van der Waals surface area contributed by atoms with Gasteiger partial charge in [0, 0.05) is 5.39 Å². The lowest BCUT2D eigenvalue weighted by Crippen LogP contribution is -2.11. The van der Waals surface area contributed by atoms with E-state index in [1.165, 1.54) is 6.07 Å². The van der Waals surface area contributed by atoms with Crippen molar-refractivity contribution in [2.75, 3.05) is 0 Å². The summed E-state index contributed by atoms with van der Waals surface area (Å²) >= 11 is 0. The van der Waals surface area contributed by atoms with Gasteiger partial charge in [0.15, 0.2) is 11.6 Å². The minimum Gasteiger partial charge on any atom is -0.459 e. The molecule has 0 fully saturated rings. The molecule has 0 bridgehead atoms. The Morgan fingerprint density at radius 2 is 1.80 bits per heavy atom. The average molecular weight is 273 g/mol. The van der Waals surface area contributed by atoms with E-state index < -0.39 is 17.7 Å². The topological polar surface area (TPSA) is 39.2 Å². The van der Waals surface area contributed by atoms with Crippen molar-refractivity contribution in [1.82, 2.24) is 0 Å². The smallest absolute Gasteiger partial charge is 0.159 e. The number of hydrogen-bond acceptors (Lipinski definition) is 2. The Hall–Kier alpha value is -2.20. The standard InChI is InChI=1S/C16H13F2NO/c1-9-2-5-14-11(6-9)8-15(20-14)16(19)10-3-4-12(17)13(18)7-10/h2-8,16H,19H2,1H3. The van der Waals surface area contributed by atoms with Crippen LogP contribution < -0.4 is 5.73 Å². The summed E-state index contributed by atoms with van der Waals surface area (Å²) in [6.45, 7) is 1.99. The third-order valence-electron chi connectivity index (χ3n) is 3.30. The van der Waals surface area contributed by atoms with Crippen LogP contribution in [0.2, 0.25) is 0 Å². The summed E-state index contributed by atoms with van der Waals surface area (Å²) in [5.41, 5.74) is 8.37. The van der Waals surface area contributed by atoms with Crippen molar-refractivity contribution in [3.8, 4) is 0 Å². The van der Waals surface area contributed by atoms with Crippen molar-refractivity contribution in [2.45, 2.75) is 13.0 Å². The zero-order valence-corrected chi connectivity index (χ0v) is 10.9. The molecule has 102 valence electrons. The van der Waals surface area contributed by atoms with Gasteiger partial charge in [-0.1, -0.05) is 17.7 Å². The van der Waals surface area contributed by atoms with E-state index in [0.29, 0.717) is 11.3 Å². The fraction of sp³-hybridized carbons (Fsp3) is 0.125. The fourth-order valence-electron chi connectivity index (χ4n) is 2.21. The number of rotatable bonds is 2. The zero-order valence-electron chi connectivity index (χ0n) is 10.9. The van der Waals surface area contributed by atoms with E-state index in [-0.39, 0.29) is 0 Å². The second kappa shape index (κ2) is 4.72. The first kappa shape index (κ1) is 12.8. The van der Waals surface area contributed by atoms with Crippen molar-refractivity contribution in [3.63, 3.8) is 0 Å². The van der Waals surface area contributed by atoms with Crippen molar-refractivity contribution in [2.24, 2.45) is 5.73 Å². The maximum atomic E-state index is 13.3. The third-order valence-corrected chi connectivity index (χ3v) is 3.30.